The van der Waals surface area contributed by atoms with Crippen molar-refractivity contribution in [2.45, 2.75) is 27.7 Å². The zero-order chi connectivity index (χ0) is 20.3. The molecule has 0 radical (unpaired) electrons. The van der Waals surface area contributed by atoms with Crippen LogP contribution < -0.4 is 10.2 Å². The van der Waals surface area contributed by atoms with Crippen LogP contribution in [0.5, 0.6) is 0 Å². The highest BCUT2D eigenvalue weighted by atomic mass is 15.3. The minimum atomic E-state index is 0.759. The number of aryl methyl sites for hydroxylation is 3. The Morgan fingerprint density at radius 3 is 2.36 bits per heavy atom. The summed E-state index contributed by atoms with van der Waals surface area (Å²) in [5.41, 5.74) is 8.87. The first-order chi connectivity index (χ1) is 13.4. The molecule has 0 saturated heterocycles. The van der Waals surface area contributed by atoms with E-state index in [4.69, 9.17) is 0 Å². The number of nitrogens with zero attached hydrogens (tertiary/aromatic N) is 3. The topological polar surface area (TPSA) is 21.8 Å². The van der Waals surface area contributed by atoms with E-state index in [1.54, 1.807) is 0 Å². The van der Waals surface area contributed by atoms with Crippen molar-refractivity contribution in [1.82, 2.24) is 9.80 Å². The van der Waals surface area contributed by atoms with Crippen molar-refractivity contribution in [2.24, 2.45) is 0 Å². The predicted molar refractivity (Wildman–Crippen MR) is 121 cm³/mol. The van der Waals surface area contributed by atoms with Crippen LogP contribution in [0, 0.1) is 20.8 Å². The second-order valence-corrected chi connectivity index (χ2v) is 7.78. The average molecular weight is 377 g/mol. The van der Waals surface area contributed by atoms with Crippen LogP contribution in [0.1, 0.15) is 23.6 Å². The van der Waals surface area contributed by atoms with Crippen molar-refractivity contribution in [1.29, 1.82) is 0 Å². The molecule has 2 aromatic carbocycles. The van der Waals surface area contributed by atoms with Crippen LogP contribution in [-0.4, -0.2) is 37.2 Å². The van der Waals surface area contributed by atoms with Gasteiger partial charge in [-0.2, -0.15) is 0 Å². The molecule has 0 unspecified atom stereocenters. The fourth-order valence-corrected chi connectivity index (χ4v) is 3.88. The van der Waals surface area contributed by atoms with Gasteiger partial charge in [0, 0.05) is 37.9 Å². The Morgan fingerprint density at radius 1 is 1.04 bits per heavy atom. The van der Waals surface area contributed by atoms with E-state index in [-0.39, 0.29) is 0 Å². The van der Waals surface area contributed by atoms with Crippen LogP contribution in [0.15, 0.2) is 55.0 Å². The molecule has 0 bridgehead atoms. The number of hydrogen-bond donors (Lipinski definition) is 1. The van der Waals surface area contributed by atoms with E-state index in [0.717, 1.165) is 19.0 Å². The smallest absolute Gasteiger partial charge is 0.0938 e. The Labute approximate surface area is 169 Å². The number of anilines is 2. The van der Waals surface area contributed by atoms with Crippen LogP contribution in [0.2, 0.25) is 0 Å². The van der Waals surface area contributed by atoms with Gasteiger partial charge in [-0.25, -0.2) is 0 Å². The fourth-order valence-electron chi connectivity index (χ4n) is 3.88. The molecular formula is C24H32N4. The molecule has 1 heterocycles. The largest absolute Gasteiger partial charge is 0.368 e. The maximum absolute atomic E-state index is 3.58. The third-order valence-corrected chi connectivity index (χ3v) is 5.03. The lowest BCUT2D eigenvalue weighted by molar-refractivity contribution is 0.490. The van der Waals surface area contributed by atoms with E-state index in [9.17, 15) is 0 Å². The molecule has 1 N–H and O–H groups in total. The summed E-state index contributed by atoms with van der Waals surface area (Å²) in [7, 11) is 4.17. The van der Waals surface area contributed by atoms with Gasteiger partial charge in [0.1, 0.15) is 0 Å². The average Bonchev–Trinajstić information content (AvgIpc) is 3.06. The number of benzene rings is 2. The Bertz CT molecular complexity index is 874. The highest BCUT2D eigenvalue weighted by molar-refractivity contribution is 5.79. The van der Waals surface area contributed by atoms with Crippen molar-refractivity contribution in [3.8, 4) is 11.1 Å². The standard InChI is InChI=1S/C24H32N4/c1-7-8-26(5)16-25-22-13-21(24-19(3)11-18(2)12-20(24)4)14-23(15-22)28-10-9-27(6)17-28/h7-15,25H,16-17H2,1-6H3/b8-7-. The highest BCUT2D eigenvalue weighted by Gasteiger charge is 2.15. The molecule has 4 nitrogen and oxygen atoms in total. The molecule has 4 heteroatoms. The summed E-state index contributed by atoms with van der Waals surface area (Å²) >= 11 is 0. The Hall–Kier alpha value is -2.88. The summed E-state index contributed by atoms with van der Waals surface area (Å²) in [6.07, 6.45) is 8.38. The zero-order valence-electron chi connectivity index (χ0n) is 18.0. The van der Waals surface area contributed by atoms with Crippen LogP contribution >= 0.6 is 0 Å². The predicted octanol–water partition coefficient (Wildman–Crippen LogP) is 5.29. The van der Waals surface area contributed by atoms with Gasteiger partial charge in [0.05, 0.1) is 13.3 Å². The number of rotatable bonds is 6. The first-order valence-electron chi connectivity index (χ1n) is 9.83. The van der Waals surface area contributed by atoms with Gasteiger partial charge in [-0.15, -0.1) is 0 Å². The monoisotopic (exact) mass is 376 g/mol. The summed E-state index contributed by atoms with van der Waals surface area (Å²) in [5.74, 6) is 0. The van der Waals surface area contributed by atoms with Crippen molar-refractivity contribution in [3.63, 3.8) is 0 Å². The Balaban J connectivity index is 2.01. The van der Waals surface area contributed by atoms with Crippen molar-refractivity contribution >= 4 is 11.4 Å². The van der Waals surface area contributed by atoms with Gasteiger partial charge >= 0.3 is 0 Å². The Morgan fingerprint density at radius 2 is 1.75 bits per heavy atom. The molecule has 0 aromatic heterocycles. The maximum atomic E-state index is 3.58. The zero-order valence-corrected chi connectivity index (χ0v) is 18.0. The molecular weight excluding hydrogens is 344 g/mol. The summed E-state index contributed by atoms with van der Waals surface area (Å²) in [4.78, 5) is 6.60. The first kappa shape index (κ1) is 19.9. The van der Waals surface area contributed by atoms with Gasteiger partial charge in [0.25, 0.3) is 0 Å². The second-order valence-electron chi connectivity index (χ2n) is 7.78. The van der Waals surface area contributed by atoms with Gasteiger partial charge in [0.2, 0.25) is 0 Å². The number of nitrogens with one attached hydrogen (secondary N) is 1. The SMILES string of the molecule is C/C=C\N(C)CNc1cc(-c2c(C)cc(C)cc2C)cc(N2C=CN(C)C2)c1. The molecule has 0 saturated carbocycles. The molecule has 148 valence electrons. The minimum Gasteiger partial charge on any atom is -0.368 e. The molecule has 3 rings (SSSR count). The van der Waals surface area contributed by atoms with Crippen molar-refractivity contribution in [2.75, 3.05) is 37.6 Å². The molecule has 1 aliphatic heterocycles. The van der Waals surface area contributed by atoms with Gasteiger partial charge in [-0.1, -0.05) is 23.8 Å². The van der Waals surface area contributed by atoms with E-state index >= 15 is 0 Å². The molecule has 28 heavy (non-hydrogen) atoms. The van der Waals surface area contributed by atoms with Gasteiger partial charge in [0.15, 0.2) is 0 Å². The minimum absolute atomic E-state index is 0.759. The summed E-state index contributed by atoms with van der Waals surface area (Å²) in [5, 5.41) is 3.58. The van der Waals surface area contributed by atoms with Crippen LogP contribution in [0.4, 0.5) is 11.4 Å². The number of allylic oxidation sites excluding steroid dienone is 1. The van der Waals surface area contributed by atoms with Gasteiger partial charge in [-0.3, -0.25) is 0 Å². The molecule has 1 aliphatic rings. The molecule has 0 spiro atoms. The van der Waals surface area contributed by atoms with Crippen LogP contribution in [0.25, 0.3) is 11.1 Å². The van der Waals surface area contributed by atoms with Crippen molar-refractivity contribution in [3.05, 3.63) is 71.7 Å². The summed E-state index contributed by atoms with van der Waals surface area (Å²) < 4.78 is 0. The molecule has 2 aromatic rings. The third kappa shape index (κ3) is 4.50. The number of hydrogen-bond acceptors (Lipinski definition) is 4. The van der Waals surface area contributed by atoms with E-state index in [2.05, 4.69) is 104 Å². The van der Waals surface area contributed by atoms with Crippen LogP contribution in [-0.2, 0) is 0 Å². The molecule has 0 amide bonds. The van der Waals surface area contributed by atoms with E-state index < -0.39 is 0 Å². The lowest BCUT2D eigenvalue weighted by atomic mass is 9.93. The van der Waals surface area contributed by atoms with Gasteiger partial charge < -0.3 is 20.0 Å². The maximum Gasteiger partial charge on any atom is 0.0938 e. The van der Waals surface area contributed by atoms with E-state index in [0.29, 0.717) is 0 Å². The summed E-state index contributed by atoms with van der Waals surface area (Å²) in [6.45, 7) is 10.2. The van der Waals surface area contributed by atoms with Gasteiger partial charge in [-0.05, 0) is 74.3 Å². The molecule has 0 fully saturated rings. The van der Waals surface area contributed by atoms with Crippen LogP contribution in [0.3, 0.4) is 0 Å². The fraction of sp³-hybridized carbons (Fsp3) is 0.333. The van der Waals surface area contributed by atoms with Crippen molar-refractivity contribution < 1.29 is 0 Å². The highest BCUT2D eigenvalue weighted by Crippen LogP contribution is 2.34. The molecule has 0 aliphatic carbocycles. The lowest BCUT2D eigenvalue weighted by Gasteiger charge is -2.23. The third-order valence-electron chi connectivity index (χ3n) is 5.03. The Kier molecular flexibility index (Phi) is 5.98. The summed E-state index contributed by atoms with van der Waals surface area (Å²) in [6, 6.07) is 11.3. The normalized spacial score (nSPS) is 13.6. The molecule has 0 atom stereocenters. The first-order valence-corrected chi connectivity index (χ1v) is 9.83. The quantitative estimate of drug-likeness (QED) is 0.691. The second kappa shape index (κ2) is 8.42. The lowest BCUT2D eigenvalue weighted by Crippen LogP contribution is -2.22. The van der Waals surface area contributed by atoms with E-state index in [1.165, 1.54) is 33.5 Å². The van der Waals surface area contributed by atoms with E-state index in [1.807, 2.05) is 13.0 Å².